The smallest absolute Gasteiger partial charge is 0.302 e. The number of halogens is 3. The van der Waals surface area contributed by atoms with Gasteiger partial charge < -0.3 is 4.55 Å². The van der Waals surface area contributed by atoms with Crippen LogP contribution in [-0.4, -0.2) is 8.76 Å². The molecule has 0 fully saturated rings. The average Bonchev–Trinajstić information content (AvgIpc) is 2.36. The van der Waals surface area contributed by atoms with Gasteiger partial charge in [-0.2, -0.15) is 13.2 Å². The molecule has 0 saturated carbocycles. The lowest BCUT2D eigenvalue weighted by Gasteiger charge is -2.12. The summed E-state index contributed by atoms with van der Waals surface area (Å²) in [5.74, 6) is 0. The largest absolute Gasteiger partial charge is 0.416 e. The highest BCUT2D eigenvalue weighted by atomic mass is 32.8. The number of benzene rings is 2. The topological polar surface area (TPSA) is 37.3 Å². The van der Waals surface area contributed by atoms with Crippen LogP contribution < -0.4 is 0 Å². The van der Waals surface area contributed by atoms with Crippen molar-refractivity contribution in [1.82, 2.24) is 0 Å². The van der Waals surface area contributed by atoms with E-state index in [-0.39, 0.29) is 11.3 Å². The summed E-state index contributed by atoms with van der Waals surface area (Å²) in [4.78, 5) is 0.0745. The number of alkyl halides is 3. The van der Waals surface area contributed by atoms with Crippen LogP contribution in [-0.2, 0) is 32.6 Å². The number of hydrogen-bond donors (Lipinski definition) is 1. The van der Waals surface area contributed by atoms with Crippen molar-refractivity contribution in [3.05, 3.63) is 64.7 Å². The van der Waals surface area contributed by atoms with E-state index in [1.807, 2.05) is 0 Å². The van der Waals surface area contributed by atoms with Crippen molar-refractivity contribution in [3.63, 3.8) is 0 Å². The van der Waals surface area contributed by atoms with Crippen molar-refractivity contribution < 1.29 is 21.9 Å². The molecule has 0 bridgehead atoms. The molecule has 0 aliphatic carbocycles. The fourth-order valence-corrected chi connectivity index (χ4v) is 3.37. The fraction of sp³-hybridized carbons (Fsp3) is 0.200. The summed E-state index contributed by atoms with van der Waals surface area (Å²) in [7, 11) is -3.60. The van der Waals surface area contributed by atoms with Crippen LogP contribution in [0, 0.1) is 6.92 Å². The second-order valence-corrected chi connectivity index (χ2v) is 7.71. The minimum atomic E-state index is -4.42. The summed E-state index contributed by atoms with van der Waals surface area (Å²) in [6.45, 7) is 1.79. The third-order valence-corrected chi connectivity index (χ3v) is 4.64. The molecule has 0 aliphatic rings. The number of hydrogen-bond acceptors (Lipinski definition) is 2. The van der Waals surface area contributed by atoms with E-state index in [2.05, 4.69) is 11.2 Å². The first-order valence-electron chi connectivity index (χ1n) is 6.30. The summed E-state index contributed by atoms with van der Waals surface area (Å²) in [5.41, 5.74) is 0.953. The molecule has 7 heteroatoms. The van der Waals surface area contributed by atoms with Crippen LogP contribution in [0.4, 0.5) is 13.2 Å². The lowest BCUT2D eigenvalue weighted by atomic mass is 10.0. The van der Waals surface area contributed by atoms with E-state index < -0.39 is 20.5 Å². The summed E-state index contributed by atoms with van der Waals surface area (Å²) >= 11 is 4.59. The predicted octanol–water partition coefficient (Wildman–Crippen LogP) is 4.18. The average molecular weight is 346 g/mol. The highest BCUT2D eigenvalue weighted by molar-refractivity contribution is 8.29. The van der Waals surface area contributed by atoms with Crippen molar-refractivity contribution in [1.29, 1.82) is 0 Å². The van der Waals surface area contributed by atoms with Gasteiger partial charge in [-0.05, 0) is 36.6 Å². The molecule has 1 atom stereocenters. The highest BCUT2D eigenvalue weighted by Crippen LogP contribution is 2.30. The van der Waals surface area contributed by atoms with E-state index >= 15 is 0 Å². The molecule has 0 aliphatic heterocycles. The maximum Gasteiger partial charge on any atom is 0.416 e. The van der Waals surface area contributed by atoms with E-state index in [0.717, 1.165) is 17.7 Å². The summed E-state index contributed by atoms with van der Waals surface area (Å²) in [6.07, 6.45) is -4.32. The van der Waals surface area contributed by atoms with Crippen LogP contribution in [0.15, 0.2) is 47.4 Å². The second kappa shape index (κ2) is 5.98. The molecule has 1 N–H and O–H groups in total. The first-order valence-corrected chi connectivity index (χ1v) is 8.74. The van der Waals surface area contributed by atoms with Crippen LogP contribution >= 0.6 is 0 Å². The Morgan fingerprint density at radius 1 is 1.18 bits per heavy atom. The van der Waals surface area contributed by atoms with Crippen LogP contribution in [0.3, 0.4) is 0 Å². The van der Waals surface area contributed by atoms with Gasteiger partial charge in [0.2, 0.25) is 0 Å². The zero-order valence-corrected chi connectivity index (χ0v) is 13.2. The molecule has 2 nitrogen and oxygen atoms in total. The van der Waals surface area contributed by atoms with E-state index in [1.165, 1.54) is 12.1 Å². The molecule has 0 aromatic heterocycles. The summed E-state index contributed by atoms with van der Waals surface area (Å²) < 4.78 is 59.5. The molecule has 0 heterocycles. The molecule has 22 heavy (non-hydrogen) atoms. The Bertz CT molecular complexity index is 797. The SMILES string of the molecule is Cc1ccc(S(=O)(O)=S)c(Cc2cccc(C(F)(F)F)c2)c1. The molecule has 2 aromatic rings. The minimum Gasteiger partial charge on any atom is -0.302 e. The monoisotopic (exact) mass is 346 g/mol. The van der Waals surface area contributed by atoms with E-state index in [4.69, 9.17) is 0 Å². The van der Waals surface area contributed by atoms with Gasteiger partial charge in [0.15, 0.2) is 8.77 Å². The lowest BCUT2D eigenvalue weighted by molar-refractivity contribution is -0.137. The predicted molar refractivity (Wildman–Crippen MR) is 81.8 cm³/mol. The van der Waals surface area contributed by atoms with Crippen molar-refractivity contribution in [2.75, 3.05) is 0 Å². The molecule has 0 saturated heterocycles. The zero-order valence-electron chi connectivity index (χ0n) is 11.6. The van der Waals surface area contributed by atoms with Gasteiger partial charge in [0.05, 0.1) is 10.5 Å². The number of aryl methyl sites for hydroxylation is 1. The quantitative estimate of drug-likeness (QED) is 0.906. The maximum absolute atomic E-state index is 12.7. The van der Waals surface area contributed by atoms with Crippen molar-refractivity contribution in [2.24, 2.45) is 0 Å². The van der Waals surface area contributed by atoms with Gasteiger partial charge in [0.25, 0.3) is 0 Å². The summed E-state index contributed by atoms with van der Waals surface area (Å²) in [5, 5.41) is 0. The number of rotatable bonds is 3. The molecular formula is C15H13F3O2S2. The lowest BCUT2D eigenvalue weighted by Crippen LogP contribution is -2.06. The van der Waals surface area contributed by atoms with Gasteiger partial charge in [-0.3, -0.25) is 0 Å². The Morgan fingerprint density at radius 3 is 2.45 bits per heavy atom. The Morgan fingerprint density at radius 2 is 1.86 bits per heavy atom. The third-order valence-electron chi connectivity index (χ3n) is 3.14. The third kappa shape index (κ3) is 4.06. The van der Waals surface area contributed by atoms with Crippen LogP contribution in [0.5, 0.6) is 0 Å². The van der Waals surface area contributed by atoms with E-state index in [0.29, 0.717) is 11.1 Å². The Balaban J connectivity index is 2.46. The molecule has 0 amide bonds. The van der Waals surface area contributed by atoms with Crippen LogP contribution in [0.2, 0.25) is 0 Å². The van der Waals surface area contributed by atoms with E-state index in [9.17, 15) is 21.9 Å². The van der Waals surface area contributed by atoms with Crippen molar-refractivity contribution in [3.8, 4) is 0 Å². The van der Waals surface area contributed by atoms with Gasteiger partial charge >= 0.3 is 6.18 Å². The molecule has 118 valence electrons. The van der Waals surface area contributed by atoms with Crippen LogP contribution in [0.1, 0.15) is 22.3 Å². The van der Waals surface area contributed by atoms with Gasteiger partial charge in [-0.25, -0.2) is 4.21 Å². The molecule has 0 radical (unpaired) electrons. The van der Waals surface area contributed by atoms with Gasteiger partial charge in [-0.1, -0.05) is 35.9 Å². The first-order chi connectivity index (χ1) is 10.1. The second-order valence-electron chi connectivity index (χ2n) is 4.96. The Kier molecular flexibility index (Phi) is 4.60. The fourth-order valence-electron chi connectivity index (χ4n) is 2.18. The standard InChI is InChI=1S/C15H13F3O2S2/c1-10-5-6-14(22(19,20)21)12(7-10)8-11-3-2-4-13(9-11)15(16,17)18/h2-7,9H,8H2,1H3,(H,19,20,21). The maximum atomic E-state index is 12.7. The van der Waals surface area contributed by atoms with Crippen LogP contribution in [0.25, 0.3) is 0 Å². The van der Waals surface area contributed by atoms with E-state index in [1.54, 1.807) is 25.1 Å². The summed E-state index contributed by atoms with van der Waals surface area (Å²) in [6, 6.07) is 9.65. The van der Waals surface area contributed by atoms with Gasteiger partial charge in [0.1, 0.15) is 0 Å². The Labute approximate surface area is 131 Å². The zero-order chi connectivity index (χ0) is 16.5. The van der Waals surface area contributed by atoms with Crippen molar-refractivity contribution in [2.45, 2.75) is 24.4 Å². The first kappa shape index (κ1) is 16.9. The molecule has 0 spiro atoms. The molecular weight excluding hydrogens is 333 g/mol. The normalized spacial score (nSPS) is 14.6. The Hall–Kier alpha value is -1.44. The molecule has 2 rings (SSSR count). The molecule has 2 aromatic carbocycles. The highest BCUT2D eigenvalue weighted by Gasteiger charge is 2.30. The van der Waals surface area contributed by atoms with Gasteiger partial charge in [-0.15, -0.1) is 0 Å². The molecule has 1 unspecified atom stereocenters. The van der Waals surface area contributed by atoms with Gasteiger partial charge in [0, 0.05) is 11.2 Å². The van der Waals surface area contributed by atoms with Crippen molar-refractivity contribution >= 4 is 20.0 Å². The minimum absolute atomic E-state index is 0.0745.